The topological polar surface area (TPSA) is 6.48 Å². The van der Waals surface area contributed by atoms with E-state index in [9.17, 15) is 0 Å². The monoisotopic (exact) mass is 652 g/mol. The zero-order valence-electron chi connectivity index (χ0n) is 26.5. The van der Waals surface area contributed by atoms with Crippen molar-refractivity contribution in [2.75, 3.05) is 9.80 Å². The van der Waals surface area contributed by atoms with Gasteiger partial charge in [0.2, 0.25) is 0 Å². The predicted octanol–water partition coefficient (Wildman–Crippen LogP) is 13.4. The zero-order chi connectivity index (χ0) is 32.0. The zero-order valence-corrected chi connectivity index (χ0v) is 28.1. The fourth-order valence-electron chi connectivity index (χ4n) is 6.86. The summed E-state index contributed by atoms with van der Waals surface area (Å²) in [5.41, 5.74) is 11.0. The summed E-state index contributed by atoms with van der Waals surface area (Å²) in [6, 6.07) is 59.7. The third-order valence-corrected chi connectivity index (χ3v) is 11.5. The largest absolute Gasteiger partial charge is 0.310 e. The first-order chi connectivity index (χ1) is 23.7. The van der Waals surface area contributed by atoms with Crippen molar-refractivity contribution in [1.29, 1.82) is 0 Å². The van der Waals surface area contributed by atoms with E-state index in [0.29, 0.717) is 0 Å². The Morgan fingerprint density at radius 3 is 1.81 bits per heavy atom. The van der Waals surface area contributed by atoms with Gasteiger partial charge in [-0.05, 0) is 121 Å². The van der Waals surface area contributed by atoms with Crippen LogP contribution in [0.5, 0.6) is 0 Å². The molecule has 1 aliphatic rings. The number of hydrogen-bond donors (Lipinski definition) is 0. The Labute approximate surface area is 289 Å². The van der Waals surface area contributed by atoms with Crippen molar-refractivity contribution in [1.82, 2.24) is 0 Å². The predicted molar refractivity (Wildman–Crippen MR) is 207 cm³/mol. The van der Waals surface area contributed by atoms with E-state index in [0.717, 1.165) is 17.8 Å². The van der Waals surface area contributed by atoms with Gasteiger partial charge in [-0.2, -0.15) is 0 Å². The molecular weight excluding hydrogens is 621 g/mol. The highest BCUT2D eigenvalue weighted by Crippen LogP contribution is 2.46. The average molecular weight is 653 g/mol. The quantitative estimate of drug-likeness (QED) is 0.176. The van der Waals surface area contributed by atoms with Gasteiger partial charge in [-0.15, -0.1) is 11.3 Å². The average Bonchev–Trinajstić information content (AvgIpc) is 3.50. The molecule has 4 heteroatoms. The van der Waals surface area contributed by atoms with Gasteiger partial charge in [0.15, 0.2) is 0 Å². The maximum absolute atomic E-state index is 2.41. The molecule has 8 aromatic rings. The second-order valence-electron chi connectivity index (χ2n) is 12.3. The maximum Gasteiger partial charge on any atom is 0.0473 e. The molecule has 0 bridgehead atoms. The minimum Gasteiger partial charge on any atom is -0.310 e. The number of rotatable bonds is 6. The summed E-state index contributed by atoms with van der Waals surface area (Å²) in [5.74, 6) is 0. The van der Waals surface area contributed by atoms with Gasteiger partial charge in [0.05, 0.1) is 0 Å². The number of hydrogen-bond acceptors (Lipinski definition) is 4. The second kappa shape index (κ2) is 12.1. The standard InChI is InChI=1S/C44H32N2S2/c1-30-11-10-16-35(25-30)46(37-22-24-43-40(28-37)39-17-8-9-18-42(39)48-43)38-20-19-31-26-32-27-36(21-23-41(32)47-44(31)29-38)45(33-12-4-2-5-13-33)34-14-6-3-7-15-34/h2-25,27-29H,26H2,1H3. The van der Waals surface area contributed by atoms with Crippen LogP contribution in [0.4, 0.5) is 34.1 Å². The van der Waals surface area contributed by atoms with E-state index >= 15 is 0 Å². The smallest absolute Gasteiger partial charge is 0.0473 e. The van der Waals surface area contributed by atoms with Crippen molar-refractivity contribution in [2.24, 2.45) is 0 Å². The molecule has 0 unspecified atom stereocenters. The van der Waals surface area contributed by atoms with Crippen LogP contribution in [0, 0.1) is 6.92 Å². The number of thiophene rings is 1. The minimum absolute atomic E-state index is 0.903. The summed E-state index contributed by atoms with van der Waals surface area (Å²) in [6.45, 7) is 2.17. The number of nitrogens with zero attached hydrogens (tertiary/aromatic N) is 2. The molecule has 0 amide bonds. The molecule has 9 rings (SSSR count). The van der Waals surface area contributed by atoms with E-state index in [-0.39, 0.29) is 0 Å². The summed E-state index contributed by atoms with van der Waals surface area (Å²) in [7, 11) is 0. The van der Waals surface area contributed by atoms with Crippen LogP contribution >= 0.6 is 23.1 Å². The van der Waals surface area contributed by atoms with Crippen molar-refractivity contribution in [3.8, 4) is 0 Å². The van der Waals surface area contributed by atoms with Gasteiger partial charge >= 0.3 is 0 Å². The van der Waals surface area contributed by atoms with E-state index in [1.54, 1.807) is 0 Å². The molecule has 2 heterocycles. The van der Waals surface area contributed by atoms with Gasteiger partial charge in [0, 0.05) is 64.1 Å². The Bertz CT molecular complexity index is 2390. The van der Waals surface area contributed by atoms with Gasteiger partial charge in [-0.25, -0.2) is 0 Å². The van der Waals surface area contributed by atoms with E-state index in [1.807, 2.05) is 23.1 Å². The molecule has 230 valence electrons. The van der Waals surface area contributed by atoms with Crippen molar-refractivity contribution < 1.29 is 0 Å². The Morgan fingerprint density at radius 2 is 1.02 bits per heavy atom. The first-order valence-corrected chi connectivity index (χ1v) is 17.9. The molecule has 1 aliphatic heterocycles. The Hall–Kier alpha value is -5.29. The van der Waals surface area contributed by atoms with Crippen LogP contribution < -0.4 is 9.80 Å². The summed E-state index contributed by atoms with van der Waals surface area (Å²) in [6.07, 6.45) is 0.903. The number of fused-ring (bicyclic) bond motifs is 5. The minimum atomic E-state index is 0.903. The molecule has 2 nitrogen and oxygen atoms in total. The summed E-state index contributed by atoms with van der Waals surface area (Å²) in [4.78, 5) is 7.39. The number of para-hydroxylation sites is 2. The molecule has 0 saturated heterocycles. The number of anilines is 6. The summed E-state index contributed by atoms with van der Waals surface area (Å²) >= 11 is 3.75. The normalized spacial score (nSPS) is 12.1. The van der Waals surface area contributed by atoms with Gasteiger partial charge in [-0.3, -0.25) is 0 Å². The molecule has 0 radical (unpaired) electrons. The van der Waals surface area contributed by atoms with Crippen molar-refractivity contribution >= 4 is 77.4 Å². The highest BCUT2D eigenvalue weighted by atomic mass is 32.2. The molecule has 0 aliphatic carbocycles. The Kier molecular flexibility index (Phi) is 7.26. The van der Waals surface area contributed by atoms with Crippen LogP contribution in [0.1, 0.15) is 16.7 Å². The van der Waals surface area contributed by atoms with E-state index in [2.05, 4.69) is 181 Å². The van der Waals surface area contributed by atoms with Crippen molar-refractivity contribution in [3.05, 3.63) is 180 Å². The molecule has 0 atom stereocenters. The lowest BCUT2D eigenvalue weighted by molar-refractivity contribution is 1.05. The van der Waals surface area contributed by atoms with Crippen molar-refractivity contribution in [3.63, 3.8) is 0 Å². The molecule has 48 heavy (non-hydrogen) atoms. The molecule has 0 saturated carbocycles. The second-order valence-corrected chi connectivity index (χ2v) is 14.5. The first-order valence-electron chi connectivity index (χ1n) is 16.3. The fourth-order valence-corrected chi connectivity index (χ4v) is 9.03. The summed E-state index contributed by atoms with van der Waals surface area (Å²) < 4.78 is 2.65. The highest BCUT2D eigenvalue weighted by Gasteiger charge is 2.22. The van der Waals surface area contributed by atoms with Crippen LogP contribution in [-0.4, -0.2) is 0 Å². The van der Waals surface area contributed by atoms with Gasteiger partial charge in [-0.1, -0.05) is 84.6 Å². The fraction of sp³-hybridized carbons (Fsp3) is 0.0455. The van der Waals surface area contributed by atoms with Crippen LogP contribution in [0.25, 0.3) is 20.2 Å². The Balaban J connectivity index is 1.10. The van der Waals surface area contributed by atoms with Crippen LogP contribution in [0.2, 0.25) is 0 Å². The summed E-state index contributed by atoms with van der Waals surface area (Å²) in [5, 5.41) is 2.63. The third-order valence-electron chi connectivity index (χ3n) is 9.12. The first kappa shape index (κ1) is 28.9. The van der Waals surface area contributed by atoms with Crippen LogP contribution in [0.15, 0.2) is 174 Å². The Morgan fingerprint density at radius 1 is 0.417 bits per heavy atom. The molecule has 0 fully saturated rings. The molecule has 0 spiro atoms. The molecule has 1 aromatic heterocycles. The third kappa shape index (κ3) is 5.24. The molecule has 0 N–H and O–H groups in total. The molecular formula is C44H32N2S2. The number of aryl methyl sites for hydroxylation is 1. The lowest BCUT2D eigenvalue weighted by atomic mass is 10.0. The van der Waals surface area contributed by atoms with Crippen molar-refractivity contribution in [2.45, 2.75) is 23.1 Å². The van der Waals surface area contributed by atoms with E-state index in [1.165, 1.54) is 69.4 Å². The van der Waals surface area contributed by atoms with Gasteiger partial charge in [0.25, 0.3) is 0 Å². The maximum atomic E-state index is 2.41. The van der Waals surface area contributed by atoms with Gasteiger partial charge < -0.3 is 9.80 Å². The lowest BCUT2D eigenvalue weighted by Gasteiger charge is -2.29. The SMILES string of the molecule is Cc1cccc(N(c2ccc3c(c2)Sc2ccc(N(c4ccccc4)c4ccccc4)cc2C3)c2ccc3sc4ccccc4c3c2)c1. The molecule has 7 aromatic carbocycles. The van der Waals surface area contributed by atoms with Crippen LogP contribution in [0.3, 0.4) is 0 Å². The van der Waals surface area contributed by atoms with Gasteiger partial charge in [0.1, 0.15) is 0 Å². The van der Waals surface area contributed by atoms with E-state index in [4.69, 9.17) is 0 Å². The van der Waals surface area contributed by atoms with E-state index < -0.39 is 0 Å². The lowest BCUT2D eigenvalue weighted by Crippen LogP contribution is -2.12. The number of benzene rings is 7. The van der Waals surface area contributed by atoms with Crippen LogP contribution in [-0.2, 0) is 6.42 Å². The highest BCUT2D eigenvalue weighted by molar-refractivity contribution is 7.99.